The molecule has 0 bridgehead atoms. The molecule has 0 fully saturated rings. The standard InChI is InChI=1S/C3H5O6P.Ag.Ba/c1-2(3(4)5)9-10(6,7)8;;/h1H2,(H,4,5)(H2,6,7,8);;/q;;+2/p-2. The third-order valence-electron chi connectivity index (χ3n) is 0.453. The molecule has 1 unspecified atom stereocenters. The van der Waals surface area contributed by atoms with Crippen LogP contribution in [0.4, 0.5) is 0 Å². The molecule has 6 nitrogen and oxygen atoms in total. The van der Waals surface area contributed by atoms with E-state index >= 15 is 0 Å². The average molecular weight is 411 g/mol. The minimum Gasteiger partial charge on any atom is -0.746 e. The number of aliphatic carboxylic acids is 1. The number of phosphoric acid groups is 1. The van der Waals surface area contributed by atoms with Gasteiger partial charge in [0.1, 0.15) is 11.7 Å². The minimum absolute atomic E-state index is 0. The molecule has 69 valence electrons. The number of hydrogen-bond donors (Lipinski definition) is 1. The fourth-order valence-corrected chi connectivity index (χ4v) is 0.530. The van der Waals surface area contributed by atoms with E-state index in [1.807, 2.05) is 0 Å². The normalized spacial score (nSPS) is 12.8. The van der Waals surface area contributed by atoms with E-state index in [4.69, 9.17) is 4.89 Å². The molecular formula is C3H3AgBaO6P. The quantitative estimate of drug-likeness (QED) is 0.235. The molecule has 0 amide bonds. The molecule has 0 aliphatic rings. The predicted octanol–water partition coefficient (Wildman–Crippen LogP) is -2.66. The molecule has 1 N–H and O–H groups in total. The van der Waals surface area contributed by atoms with Gasteiger partial charge in [0.2, 0.25) is 0 Å². The van der Waals surface area contributed by atoms with Gasteiger partial charge >= 0.3 is 56.7 Å². The summed E-state index contributed by atoms with van der Waals surface area (Å²) in [6, 6.07) is 0. The van der Waals surface area contributed by atoms with Crippen LogP contribution in [0.3, 0.4) is 0 Å². The van der Waals surface area contributed by atoms with Crippen LogP contribution in [-0.4, -0.2) is 59.7 Å². The van der Waals surface area contributed by atoms with Crippen molar-refractivity contribution in [2.24, 2.45) is 0 Å². The number of hydrogen-bond acceptors (Lipinski definition) is 5. The van der Waals surface area contributed by atoms with Gasteiger partial charge in [0.15, 0.2) is 0 Å². The van der Waals surface area contributed by atoms with Crippen molar-refractivity contribution >= 4 is 62.7 Å². The van der Waals surface area contributed by atoms with Gasteiger partial charge in [0, 0.05) is 22.4 Å². The zero-order valence-corrected chi connectivity index (χ0v) is 12.5. The van der Waals surface area contributed by atoms with Gasteiger partial charge < -0.3 is 24.2 Å². The summed E-state index contributed by atoms with van der Waals surface area (Å²) in [5.41, 5.74) is 0. The van der Waals surface area contributed by atoms with Gasteiger partial charge in [-0.3, -0.25) is 4.57 Å². The second-order valence-corrected chi connectivity index (χ2v) is 2.39. The molecule has 9 heteroatoms. The van der Waals surface area contributed by atoms with E-state index < -0.39 is 19.6 Å². The molecule has 0 aliphatic heterocycles. The van der Waals surface area contributed by atoms with Crippen LogP contribution in [0.1, 0.15) is 0 Å². The third-order valence-corrected chi connectivity index (χ3v) is 0.904. The maximum absolute atomic E-state index is 9.76. The van der Waals surface area contributed by atoms with Gasteiger partial charge in [-0.25, -0.2) is 0 Å². The summed E-state index contributed by atoms with van der Waals surface area (Å²) >= 11 is 0. The molecule has 1 radical (unpaired) electrons. The topological polar surface area (TPSA) is 110 Å². The Bertz CT molecular complexity index is 211. The van der Waals surface area contributed by atoms with E-state index in [1.54, 1.807) is 0 Å². The number of carboxylic acids is 1. The first kappa shape index (κ1) is 19.1. The van der Waals surface area contributed by atoms with Gasteiger partial charge in [0.05, 0.1) is 0 Å². The fourth-order valence-electron chi connectivity index (χ4n) is 0.177. The maximum atomic E-state index is 9.76. The summed E-state index contributed by atoms with van der Waals surface area (Å²) in [7, 11) is -5.05. The van der Waals surface area contributed by atoms with Crippen LogP contribution < -0.4 is 10.00 Å². The summed E-state index contributed by atoms with van der Waals surface area (Å²) in [5.74, 6) is -3.05. The molecule has 0 aromatic rings. The van der Waals surface area contributed by atoms with E-state index in [0.717, 1.165) is 0 Å². The molecule has 1 atom stereocenters. The Kier molecular flexibility index (Phi) is 12.5. The molecule has 0 spiro atoms. The molecule has 0 heterocycles. The molecule has 0 aromatic heterocycles. The summed E-state index contributed by atoms with van der Waals surface area (Å²) in [6.45, 7) is 2.62. The molecule has 0 rings (SSSR count). The van der Waals surface area contributed by atoms with Crippen molar-refractivity contribution in [3.63, 3.8) is 0 Å². The first-order valence-corrected chi connectivity index (χ1v) is 3.46. The first-order valence-electron chi connectivity index (χ1n) is 1.96. The monoisotopic (exact) mass is 411 g/mol. The van der Waals surface area contributed by atoms with Gasteiger partial charge in [-0.2, -0.15) is 0 Å². The van der Waals surface area contributed by atoms with Gasteiger partial charge in [-0.1, -0.05) is 6.58 Å². The van der Waals surface area contributed by atoms with Crippen molar-refractivity contribution in [1.82, 2.24) is 0 Å². The van der Waals surface area contributed by atoms with E-state index in [0.29, 0.717) is 0 Å². The van der Waals surface area contributed by atoms with Crippen molar-refractivity contribution < 1.29 is 51.2 Å². The molecule has 0 saturated carbocycles. The molecule has 12 heavy (non-hydrogen) atoms. The van der Waals surface area contributed by atoms with E-state index in [1.165, 1.54) is 0 Å². The van der Waals surface area contributed by atoms with E-state index in [2.05, 4.69) is 11.1 Å². The largest absolute Gasteiger partial charge is 2.00 e. The van der Waals surface area contributed by atoms with Crippen molar-refractivity contribution in [2.45, 2.75) is 0 Å². The Morgan fingerprint density at radius 2 is 1.92 bits per heavy atom. The van der Waals surface area contributed by atoms with Gasteiger partial charge in [-0.15, -0.1) is 0 Å². The third kappa shape index (κ3) is 11.5. The Labute approximate surface area is 124 Å². The van der Waals surface area contributed by atoms with Crippen LogP contribution in [-0.2, 0) is 36.3 Å². The second kappa shape index (κ2) is 7.84. The molecule has 0 saturated heterocycles. The Morgan fingerprint density at radius 3 is 2.00 bits per heavy atom. The molecule has 0 aromatic carbocycles. The number of carbonyl (C=O) groups excluding carboxylic acids is 1. The zero-order chi connectivity index (χ0) is 8.36. The van der Waals surface area contributed by atoms with Gasteiger partial charge in [0.25, 0.3) is 0 Å². The minimum atomic E-state index is -5.05. The first-order chi connectivity index (χ1) is 4.33. The average Bonchev–Trinajstić information content (AvgIpc) is 1.60. The number of phosphoric ester groups is 1. The summed E-state index contributed by atoms with van der Waals surface area (Å²) in [6.07, 6.45) is 0. The second-order valence-electron chi connectivity index (χ2n) is 1.27. The van der Waals surface area contributed by atoms with Crippen LogP contribution in [0.15, 0.2) is 12.3 Å². The summed E-state index contributed by atoms with van der Waals surface area (Å²) in [4.78, 5) is 27.3. The fraction of sp³-hybridized carbons (Fsp3) is 0. The van der Waals surface area contributed by atoms with Crippen molar-refractivity contribution in [2.75, 3.05) is 0 Å². The van der Waals surface area contributed by atoms with E-state index in [9.17, 15) is 19.4 Å². The number of carboxylic acid groups (broad SMARTS) is 1. The zero-order valence-electron chi connectivity index (χ0n) is 5.65. The van der Waals surface area contributed by atoms with Crippen molar-refractivity contribution in [1.29, 1.82) is 0 Å². The smallest absolute Gasteiger partial charge is 0.746 e. The molecular weight excluding hydrogens is 408 g/mol. The summed E-state index contributed by atoms with van der Waals surface area (Å²) in [5, 5.41) is 9.67. The van der Waals surface area contributed by atoms with Gasteiger partial charge in [-0.05, 0) is 0 Å². The Hall–Kier alpha value is 1.47. The van der Waals surface area contributed by atoms with Crippen molar-refractivity contribution in [3.05, 3.63) is 12.3 Å². The Morgan fingerprint density at radius 1 is 1.58 bits per heavy atom. The van der Waals surface area contributed by atoms with Crippen LogP contribution >= 0.6 is 7.82 Å². The maximum Gasteiger partial charge on any atom is 2.00 e. The molecule has 0 aliphatic carbocycles. The van der Waals surface area contributed by atoms with Crippen LogP contribution in [0.5, 0.6) is 0 Å². The predicted molar refractivity (Wildman–Crippen MR) is 30.8 cm³/mol. The van der Waals surface area contributed by atoms with Crippen LogP contribution in [0.2, 0.25) is 0 Å². The number of carbonyl (C=O) groups is 1. The van der Waals surface area contributed by atoms with Crippen LogP contribution in [0.25, 0.3) is 0 Å². The SMILES string of the molecule is C=C(OP(=O)([O-])O)C(=O)[O-].[Ag].[Ba+2]. The van der Waals surface area contributed by atoms with E-state index in [-0.39, 0.29) is 71.3 Å². The number of rotatable bonds is 3. The Balaban J connectivity index is -0.000000405. The summed E-state index contributed by atoms with van der Waals surface area (Å²) < 4.78 is 13.2. The van der Waals surface area contributed by atoms with Crippen LogP contribution in [0, 0.1) is 0 Å². The van der Waals surface area contributed by atoms with Crippen molar-refractivity contribution in [3.8, 4) is 0 Å².